The fourth-order valence-electron chi connectivity index (χ4n) is 4.49. The summed E-state index contributed by atoms with van der Waals surface area (Å²) in [5.74, 6) is 0.718. The van der Waals surface area contributed by atoms with Gasteiger partial charge in [-0.3, -0.25) is 14.5 Å². The van der Waals surface area contributed by atoms with Crippen molar-refractivity contribution < 1.29 is 14.0 Å². The molecule has 2 aromatic heterocycles. The molecule has 0 N–H and O–H groups in total. The molecule has 150 valence electrons. The molecule has 7 nitrogen and oxygen atoms in total. The van der Waals surface area contributed by atoms with E-state index in [0.29, 0.717) is 25.4 Å². The molecule has 29 heavy (non-hydrogen) atoms. The predicted octanol–water partition coefficient (Wildman–Crippen LogP) is 1.83. The lowest BCUT2D eigenvalue weighted by molar-refractivity contribution is -0.160. The van der Waals surface area contributed by atoms with E-state index in [-0.39, 0.29) is 18.4 Å². The van der Waals surface area contributed by atoms with Crippen LogP contribution >= 0.6 is 0 Å². The molecule has 0 saturated carbocycles. The Morgan fingerprint density at radius 2 is 1.93 bits per heavy atom. The van der Waals surface area contributed by atoms with Crippen LogP contribution in [0.15, 0.2) is 53.1 Å². The highest BCUT2D eigenvalue weighted by molar-refractivity contribution is 5.95. The molecule has 0 aliphatic carbocycles. The molecule has 2 saturated heterocycles. The van der Waals surface area contributed by atoms with E-state index in [2.05, 4.69) is 34.7 Å². The van der Waals surface area contributed by atoms with Crippen LogP contribution in [-0.2, 0) is 29.7 Å². The van der Waals surface area contributed by atoms with Crippen LogP contribution in [0.3, 0.4) is 0 Å². The zero-order valence-electron chi connectivity index (χ0n) is 16.5. The van der Waals surface area contributed by atoms with Crippen molar-refractivity contribution in [2.45, 2.75) is 19.1 Å². The van der Waals surface area contributed by atoms with Crippen molar-refractivity contribution in [2.24, 2.45) is 7.05 Å². The van der Waals surface area contributed by atoms with E-state index in [1.54, 1.807) is 22.1 Å². The number of fused-ring (bicyclic) bond motifs is 2. The molecule has 4 heterocycles. The van der Waals surface area contributed by atoms with E-state index in [9.17, 15) is 9.59 Å². The number of rotatable bonds is 4. The second-order valence-electron chi connectivity index (χ2n) is 7.87. The van der Waals surface area contributed by atoms with Gasteiger partial charge in [0.15, 0.2) is 0 Å². The predicted molar refractivity (Wildman–Crippen MR) is 108 cm³/mol. The van der Waals surface area contributed by atoms with Gasteiger partial charge in [0.1, 0.15) is 18.3 Å². The second kappa shape index (κ2) is 7.08. The van der Waals surface area contributed by atoms with Gasteiger partial charge in [-0.2, -0.15) is 0 Å². The van der Waals surface area contributed by atoms with Gasteiger partial charge in [-0.15, -0.1) is 0 Å². The number of furan rings is 1. The van der Waals surface area contributed by atoms with E-state index < -0.39 is 6.04 Å². The highest BCUT2D eigenvalue weighted by Crippen LogP contribution is 2.23. The Morgan fingerprint density at radius 3 is 2.72 bits per heavy atom. The molecular formula is C22H24N4O3. The first-order valence-corrected chi connectivity index (χ1v) is 9.96. The SMILES string of the molecule is Cn1c(CN2CCN3C(=O)CN(Cc4ccco4)C(=O)C3C2)cc2ccccc21. The van der Waals surface area contributed by atoms with Gasteiger partial charge >= 0.3 is 0 Å². The largest absolute Gasteiger partial charge is 0.467 e. The van der Waals surface area contributed by atoms with Crippen LogP contribution in [-0.4, -0.2) is 63.3 Å². The molecule has 2 aliphatic heterocycles. The molecule has 0 spiro atoms. The van der Waals surface area contributed by atoms with Crippen LogP contribution in [0.5, 0.6) is 0 Å². The molecule has 2 aliphatic rings. The summed E-state index contributed by atoms with van der Waals surface area (Å²) in [5.41, 5.74) is 2.41. The van der Waals surface area contributed by atoms with Crippen molar-refractivity contribution in [1.82, 2.24) is 19.3 Å². The lowest BCUT2D eigenvalue weighted by atomic mass is 10.1. The topological polar surface area (TPSA) is 61.9 Å². The Balaban J connectivity index is 1.33. The lowest BCUT2D eigenvalue weighted by Crippen LogP contribution is -2.66. The third-order valence-electron chi connectivity index (χ3n) is 6.07. The number of carbonyl (C=O) groups is 2. The van der Waals surface area contributed by atoms with Gasteiger partial charge in [-0.25, -0.2) is 0 Å². The summed E-state index contributed by atoms with van der Waals surface area (Å²) in [7, 11) is 2.08. The van der Waals surface area contributed by atoms with Gasteiger partial charge in [0.05, 0.1) is 12.8 Å². The fourth-order valence-corrected chi connectivity index (χ4v) is 4.49. The van der Waals surface area contributed by atoms with Crippen LogP contribution in [0, 0.1) is 0 Å². The third kappa shape index (κ3) is 3.21. The maximum Gasteiger partial charge on any atom is 0.247 e. The van der Waals surface area contributed by atoms with E-state index in [1.165, 1.54) is 16.6 Å². The van der Waals surface area contributed by atoms with Gasteiger partial charge in [-0.1, -0.05) is 18.2 Å². The summed E-state index contributed by atoms with van der Waals surface area (Å²) in [6, 6.07) is 13.7. The Morgan fingerprint density at radius 1 is 1.07 bits per heavy atom. The zero-order valence-corrected chi connectivity index (χ0v) is 16.5. The Labute approximate surface area is 169 Å². The molecule has 0 radical (unpaired) electrons. The Hall–Kier alpha value is -3.06. The van der Waals surface area contributed by atoms with E-state index in [0.717, 1.165) is 13.1 Å². The zero-order chi connectivity index (χ0) is 20.0. The molecular weight excluding hydrogens is 368 g/mol. The molecule has 1 aromatic carbocycles. The maximum atomic E-state index is 13.1. The van der Waals surface area contributed by atoms with Crippen molar-refractivity contribution in [3.63, 3.8) is 0 Å². The van der Waals surface area contributed by atoms with Crippen LogP contribution in [0.4, 0.5) is 0 Å². The number of aryl methyl sites for hydroxylation is 1. The fraction of sp³-hybridized carbons (Fsp3) is 0.364. The maximum absolute atomic E-state index is 13.1. The minimum absolute atomic E-state index is 0.00254. The Kier molecular flexibility index (Phi) is 4.39. The number of benzene rings is 1. The summed E-state index contributed by atoms with van der Waals surface area (Å²) in [6.07, 6.45) is 1.59. The van der Waals surface area contributed by atoms with Crippen molar-refractivity contribution in [3.8, 4) is 0 Å². The van der Waals surface area contributed by atoms with Crippen molar-refractivity contribution in [1.29, 1.82) is 0 Å². The monoisotopic (exact) mass is 392 g/mol. The van der Waals surface area contributed by atoms with E-state index in [4.69, 9.17) is 4.42 Å². The highest BCUT2D eigenvalue weighted by atomic mass is 16.3. The molecule has 7 heteroatoms. The standard InChI is InChI=1S/C22H24N4O3/c1-23-17(11-16-5-2-3-7-19(16)23)12-24-8-9-26-20(14-24)22(28)25(15-21(26)27)13-18-6-4-10-29-18/h2-7,10-11,20H,8-9,12-15H2,1H3. The molecule has 3 aromatic rings. The first kappa shape index (κ1) is 18.0. The summed E-state index contributed by atoms with van der Waals surface area (Å²) in [5, 5.41) is 1.22. The first-order chi connectivity index (χ1) is 14.1. The molecule has 2 fully saturated rings. The number of hydrogen-bond donors (Lipinski definition) is 0. The van der Waals surface area contributed by atoms with Gasteiger partial charge in [0.25, 0.3) is 0 Å². The number of piperazine rings is 2. The minimum Gasteiger partial charge on any atom is -0.467 e. The van der Waals surface area contributed by atoms with Gasteiger partial charge in [0.2, 0.25) is 11.8 Å². The van der Waals surface area contributed by atoms with Crippen molar-refractivity contribution in [2.75, 3.05) is 26.2 Å². The average molecular weight is 392 g/mol. The number of para-hydroxylation sites is 1. The summed E-state index contributed by atoms with van der Waals surface area (Å²) >= 11 is 0. The van der Waals surface area contributed by atoms with Crippen molar-refractivity contribution in [3.05, 3.63) is 60.2 Å². The lowest BCUT2D eigenvalue weighted by Gasteiger charge is -2.46. The normalized spacial score (nSPS) is 20.5. The number of amides is 2. The van der Waals surface area contributed by atoms with Gasteiger partial charge < -0.3 is 18.8 Å². The van der Waals surface area contributed by atoms with E-state index >= 15 is 0 Å². The molecule has 2 amide bonds. The summed E-state index contributed by atoms with van der Waals surface area (Å²) in [4.78, 5) is 31.4. The second-order valence-corrected chi connectivity index (χ2v) is 7.87. The summed E-state index contributed by atoms with van der Waals surface area (Å²) in [6.45, 7) is 3.14. The van der Waals surface area contributed by atoms with Crippen LogP contribution < -0.4 is 0 Å². The molecule has 5 rings (SSSR count). The quantitative estimate of drug-likeness (QED) is 0.680. The average Bonchev–Trinajstić information content (AvgIpc) is 3.34. The Bertz CT molecular complexity index is 1060. The van der Waals surface area contributed by atoms with E-state index in [1.807, 2.05) is 18.2 Å². The molecule has 1 unspecified atom stereocenters. The number of nitrogens with zero attached hydrogens (tertiary/aromatic N) is 4. The van der Waals surface area contributed by atoms with Crippen LogP contribution in [0.1, 0.15) is 11.5 Å². The number of aromatic nitrogens is 1. The van der Waals surface area contributed by atoms with Crippen LogP contribution in [0.2, 0.25) is 0 Å². The summed E-state index contributed by atoms with van der Waals surface area (Å²) < 4.78 is 7.57. The highest BCUT2D eigenvalue weighted by Gasteiger charge is 2.42. The smallest absolute Gasteiger partial charge is 0.247 e. The van der Waals surface area contributed by atoms with Crippen molar-refractivity contribution >= 4 is 22.7 Å². The third-order valence-corrected chi connectivity index (χ3v) is 6.07. The molecule has 0 bridgehead atoms. The molecule has 1 atom stereocenters. The first-order valence-electron chi connectivity index (χ1n) is 9.96. The van der Waals surface area contributed by atoms with Gasteiger partial charge in [0, 0.05) is 44.4 Å². The number of carbonyl (C=O) groups excluding carboxylic acids is 2. The van der Waals surface area contributed by atoms with Crippen LogP contribution in [0.25, 0.3) is 10.9 Å². The van der Waals surface area contributed by atoms with Gasteiger partial charge in [-0.05, 0) is 29.7 Å². The minimum atomic E-state index is -0.422. The number of hydrogen-bond acceptors (Lipinski definition) is 4.